The molecule has 3 aromatic rings. The van der Waals surface area contributed by atoms with Crippen LogP contribution in [-0.2, 0) is 13.1 Å². The van der Waals surface area contributed by atoms with E-state index in [-0.39, 0.29) is 5.91 Å². The molecule has 8 heteroatoms. The van der Waals surface area contributed by atoms with E-state index < -0.39 is 0 Å². The minimum atomic E-state index is -0.167. The van der Waals surface area contributed by atoms with Crippen molar-refractivity contribution in [3.05, 3.63) is 48.4 Å². The number of carbonyl (C=O) groups excluding carboxylic acids is 1. The quantitative estimate of drug-likeness (QED) is 0.666. The van der Waals surface area contributed by atoms with Crippen LogP contribution in [0.5, 0.6) is 0 Å². The summed E-state index contributed by atoms with van der Waals surface area (Å²) < 4.78 is 3.58. The number of carbonyl (C=O) groups is 1. The standard InChI is InChI=1S/C17H23N7O/c1-3-22(4-2)11-14-9-20-16-15(10-21-24(16)12-14)17(25)19-6-8-23-7-5-18-13-23/h5,7,9-10,12-13H,3-4,6,8,11H2,1-2H3,(H,19,25). The highest BCUT2D eigenvalue weighted by Gasteiger charge is 2.14. The number of hydrogen-bond acceptors (Lipinski definition) is 5. The molecule has 0 saturated heterocycles. The number of rotatable bonds is 8. The van der Waals surface area contributed by atoms with E-state index in [1.165, 1.54) is 0 Å². The highest BCUT2D eigenvalue weighted by molar-refractivity contribution is 5.99. The van der Waals surface area contributed by atoms with Crippen molar-refractivity contribution in [3.8, 4) is 0 Å². The first-order chi connectivity index (χ1) is 12.2. The first-order valence-electron chi connectivity index (χ1n) is 8.49. The van der Waals surface area contributed by atoms with E-state index >= 15 is 0 Å². The van der Waals surface area contributed by atoms with E-state index in [9.17, 15) is 4.79 Å². The highest BCUT2D eigenvalue weighted by atomic mass is 16.1. The van der Waals surface area contributed by atoms with E-state index in [0.29, 0.717) is 24.3 Å². The Labute approximate surface area is 146 Å². The van der Waals surface area contributed by atoms with Gasteiger partial charge in [-0.25, -0.2) is 14.5 Å². The molecule has 0 saturated carbocycles. The van der Waals surface area contributed by atoms with Crippen molar-refractivity contribution in [3.63, 3.8) is 0 Å². The Morgan fingerprint density at radius 1 is 1.28 bits per heavy atom. The lowest BCUT2D eigenvalue weighted by Crippen LogP contribution is -2.27. The predicted octanol–water partition coefficient (Wildman–Crippen LogP) is 1.20. The molecule has 0 aromatic carbocycles. The molecule has 1 N–H and O–H groups in total. The average molecular weight is 341 g/mol. The molecular weight excluding hydrogens is 318 g/mol. The topological polar surface area (TPSA) is 80.3 Å². The molecule has 25 heavy (non-hydrogen) atoms. The van der Waals surface area contributed by atoms with Crippen LogP contribution in [0.1, 0.15) is 29.8 Å². The van der Waals surface area contributed by atoms with E-state index in [1.54, 1.807) is 23.2 Å². The zero-order chi connectivity index (χ0) is 17.6. The first-order valence-corrected chi connectivity index (χ1v) is 8.49. The third kappa shape index (κ3) is 4.03. The van der Waals surface area contributed by atoms with Gasteiger partial charge in [0.25, 0.3) is 5.91 Å². The van der Waals surface area contributed by atoms with Gasteiger partial charge in [0.1, 0.15) is 5.56 Å². The molecule has 3 aromatic heterocycles. The Hall–Kier alpha value is -2.74. The molecule has 8 nitrogen and oxygen atoms in total. The molecule has 0 spiro atoms. The molecule has 0 atom stereocenters. The molecule has 0 aliphatic heterocycles. The fraction of sp³-hybridized carbons (Fsp3) is 0.412. The van der Waals surface area contributed by atoms with Gasteiger partial charge in [-0.15, -0.1) is 0 Å². The van der Waals surface area contributed by atoms with Crippen molar-refractivity contribution in [2.75, 3.05) is 19.6 Å². The molecule has 3 rings (SSSR count). The number of amides is 1. The zero-order valence-electron chi connectivity index (χ0n) is 14.6. The lowest BCUT2D eigenvalue weighted by molar-refractivity contribution is 0.0953. The van der Waals surface area contributed by atoms with Gasteiger partial charge in [-0.3, -0.25) is 9.69 Å². The maximum Gasteiger partial charge on any atom is 0.256 e. The van der Waals surface area contributed by atoms with Gasteiger partial charge < -0.3 is 9.88 Å². The van der Waals surface area contributed by atoms with Gasteiger partial charge >= 0.3 is 0 Å². The Morgan fingerprint density at radius 3 is 2.84 bits per heavy atom. The molecule has 0 radical (unpaired) electrons. The van der Waals surface area contributed by atoms with Gasteiger partial charge in [-0.05, 0) is 13.1 Å². The normalized spacial score (nSPS) is 11.3. The maximum absolute atomic E-state index is 12.4. The molecule has 132 valence electrons. The van der Waals surface area contributed by atoms with Crippen molar-refractivity contribution in [2.45, 2.75) is 26.9 Å². The number of fused-ring (bicyclic) bond motifs is 1. The molecule has 0 aliphatic rings. The summed E-state index contributed by atoms with van der Waals surface area (Å²) >= 11 is 0. The van der Waals surface area contributed by atoms with Crippen LogP contribution in [0.25, 0.3) is 5.65 Å². The predicted molar refractivity (Wildman–Crippen MR) is 94.2 cm³/mol. The fourth-order valence-corrected chi connectivity index (χ4v) is 2.67. The van der Waals surface area contributed by atoms with Gasteiger partial charge in [0.05, 0.1) is 12.5 Å². The second kappa shape index (κ2) is 7.89. The average Bonchev–Trinajstić information content (AvgIpc) is 3.28. The minimum Gasteiger partial charge on any atom is -0.350 e. The first kappa shape index (κ1) is 17.1. The lowest BCUT2D eigenvalue weighted by atomic mass is 10.3. The van der Waals surface area contributed by atoms with Crippen LogP contribution in [0.2, 0.25) is 0 Å². The number of nitrogens with zero attached hydrogens (tertiary/aromatic N) is 6. The molecule has 0 fully saturated rings. The van der Waals surface area contributed by atoms with E-state index in [0.717, 1.165) is 25.2 Å². The molecule has 0 bridgehead atoms. The fourth-order valence-electron chi connectivity index (χ4n) is 2.67. The van der Waals surface area contributed by atoms with Crippen LogP contribution in [0.3, 0.4) is 0 Å². The van der Waals surface area contributed by atoms with Crippen molar-refractivity contribution in [1.29, 1.82) is 0 Å². The van der Waals surface area contributed by atoms with Crippen LogP contribution < -0.4 is 5.32 Å². The van der Waals surface area contributed by atoms with Crippen LogP contribution in [0.15, 0.2) is 37.3 Å². The van der Waals surface area contributed by atoms with E-state index in [1.807, 2.05) is 23.2 Å². The second-order valence-corrected chi connectivity index (χ2v) is 5.81. The Balaban J connectivity index is 1.66. The van der Waals surface area contributed by atoms with Crippen LogP contribution in [0, 0.1) is 0 Å². The molecule has 0 aliphatic carbocycles. The Morgan fingerprint density at radius 2 is 2.12 bits per heavy atom. The zero-order valence-corrected chi connectivity index (χ0v) is 14.6. The van der Waals surface area contributed by atoms with Crippen LogP contribution in [-0.4, -0.2) is 54.6 Å². The Bertz CT molecular complexity index is 821. The largest absolute Gasteiger partial charge is 0.350 e. The molecular formula is C17H23N7O. The summed E-state index contributed by atoms with van der Waals surface area (Å²) in [5.74, 6) is -0.167. The molecule has 0 unspecified atom stereocenters. The monoisotopic (exact) mass is 341 g/mol. The summed E-state index contributed by atoms with van der Waals surface area (Å²) in [6.45, 7) is 8.25. The van der Waals surface area contributed by atoms with Crippen molar-refractivity contribution in [2.24, 2.45) is 0 Å². The summed E-state index contributed by atoms with van der Waals surface area (Å²) in [6, 6.07) is 0. The van der Waals surface area contributed by atoms with Crippen molar-refractivity contribution >= 4 is 11.6 Å². The van der Waals surface area contributed by atoms with E-state index in [4.69, 9.17) is 0 Å². The highest BCUT2D eigenvalue weighted by Crippen LogP contribution is 2.10. The Kier molecular flexibility index (Phi) is 5.39. The molecule has 1 amide bonds. The minimum absolute atomic E-state index is 0.167. The SMILES string of the molecule is CCN(CC)Cc1cnc2c(C(=O)NCCn3ccnc3)cnn2c1. The van der Waals surface area contributed by atoms with Gasteiger partial charge in [0, 0.05) is 50.0 Å². The summed E-state index contributed by atoms with van der Waals surface area (Å²) in [5, 5.41) is 7.17. The van der Waals surface area contributed by atoms with Crippen molar-refractivity contribution in [1.82, 2.24) is 34.4 Å². The van der Waals surface area contributed by atoms with Crippen molar-refractivity contribution < 1.29 is 4.79 Å². The van der Waals surface area contributed by atoms with Crippen LogP contribution >= 0.6 is 0 Å². The molecule has 3 heterocycles. The second-order valence-electron chi connectivity index (χ2n) is 5.81. The van der Waals surface area contributed by atoms with Gasteiger partial charge in [-0.2, -0.15) is 5.10 Å². The number of nitrogens with one attached hydrogen (secondary N) is 1. The summed E-state index contributed by atoms with van der Waals surface area (Å²) in [6.07, 6.45) is 10.6. The summed E-state index contributed by atoms with van der Waals surface area (Å²) in [4.78, 5) is 23.1. The van der Waals surface area contributed by atoms with Gasteiger partial charge in [-0.1, -0.05) is 13.8 Å². The van der Waals surface area contributed by atoms with Crippen LogP contribution in [0.4, 0.5) is 0 Å². The third-order valence-electron chi connectivity index (χ3n) is 4.17. The van der Waals surface area contributed by atoms with Gasteiger partial charge in [0.2, 0.25) is 0 Å². The third-order valence-corrected chi connectivity index (χ3v) is 4.17. The summed E-state index contributed by atoms with van der Waals surface area (Å²) in [5.41, 5.74) is 2.13. The van der Waals surface area contributed by atoms with Gasteiger partial charge in [0.15, 0.2) is 5.65 Å². The number of aromatic nitrogens is 5. The number of hydrogen-bond donors (Lipinski definition) is 1. The lowest BCUT2D eigenvalue weighted by Gasteiger charge is -2.17. The number of imidazole rings is 1. The smallest absolute Gasteiger partial charge is 0.256 e. The van der Waals surface area contributed by atoms with E-state index in [2.05, 4.69) is 39.1 Å². The summed E-state index contributed by atoms with van der Waals surface area (Å²) in [7, 11) is 0. The maximum atomic E-state index is 12.4.